The Morgan fingerprint density at radius 2 is 2.05 bits per heavy atom. The zero-order valence-electron chi connectivity index (χ0n) is 13.7. The van der Waals surface area contributed by atoms with Crippen LogP contribution < -0.4 is 5.32 Å². The number of nitrogens with zero attached hydrogens (tertiary/aromatic N) is 3. The van der Waals surface area contributed by atoms with Crippen molar-refractivity contribution in [2.75, 3.05) is 32.6 Å². The molecule has 0 aromatic carbocycles. The molecule has 0 radical (unpaired) electrons. The fourth-order valence-electron chi connectivity index (χ4n) is 2.19. The summed E-state index contributed by atoms with van der Waals surface area (Å²) in [6, 6.07) is 2.09. The molecule has 0 saturated carbocycles. The van der Waals surface area contributed by atoms with Crippen molar-refractivity contribution >= 4 is 17.4 Å². The van der Waals surface area contributed by atoms with Gasteiger partial charge in [-0.1, -0.05) is 25.4 Å². The van der Waals surface area contributed by atoms with Crippen LogP contribution in [-0.4, -0.2) is 48.2 Å². The van der Waals surface area contributed by atoms with Gasteiger partial charge in [0, 0.05) is 25.3 Å². The maximum absolute atomic E-state index is 6.07. The van der Waals surface area contributed by atoms with Crippen LogP contribution in [0.4, 0.5) is 5.82 Å². The molecule has 1 unspecified atom stereocenters. The Hall–Kier alpha value is -0.910. The standard InChI is InChI=1S/C15H27ClN4O/c1-6-21-10-15-18-13(16)8-14(19-15)17-12(7-11(2)3)9-20(4)5/h8,11-12H,6-7,9-10H2,1-5H3,(H,17,18,19). The van der Waals surface area contributed by atoms with Crippen LogP contribution in [0.3, 0.4) is 0 Å². The number of rotatable bonds is 9. The van der Waals surface area contributed by atoms with E-state index >= 15 is 0 Å². The Morgan fingerprint density at radius 1 is 1.33 bits per heavy atom. The van der Waals surface area contributed by atoms with Gasteiger partial charge in [-0.25, -0.2) is 9.97 Å². The molecule has 1 aromatic rings. The SMILES string of the molecule is CCOCc1nc(Cl)cc(NC(CC(C)C)CN(C)C)n1. The third-order valence-corrected chi connectivity index (χ3v) is 3.06. The molecule has 1 N–H and O–H groups in total. The van der Waals surface area contributed by atoms with Crippen molar-refractivity contribution in [1.29, 1.82) is 0 Å². The second-order valence-corrected chi connectivity index (χ2v) is 6.25. The van der Waals surface area contributed by atoms with Crippen molar-refractivity contribution < 1.29 is 4.74 Å². The zero-order chi connectivity index (χ0) is 15.8. The Labute approximate surface area is 133 Å². The third-order valence-electron chi connectivity index (χ3n) is 2.87. The first-order chi connectivity index (χ1) is 9.90. The molecule has 5 nitrogen and oxygen atoms in total. The zero-order valence-corrected chi connectivity index (χ0v) is 14.4. The van der Waals surface area contributed by atoms with Gasteiger partial charge in [0.2, 0.25) is 0 Å². The highest BCUT2D eigenvalue weighted by Gasteiger charge is 2.14. The molecular formula is C15H27ClN4O. The van der Waals surface area contributed by atoms with E-state index in [1.807, 2.05) is 6.92 Å². The lowest BCUT2D eigenvalue weighted by Crippen LogP contribution is -2.33. The molecule has 0 fully saturated rings. The van der Waals surface area contributed by atoms with Crippen LogP contribution in [0.5, 0.6) is 0 Å². The molecule has 1 atom stereocenters. The molecule has 1 aromatic heterocycles. The molecule has 1 heterocycles. The van der Waals surface area contributed by atoms with Gasteiger partial charge >= 0.3 is 0 Å². The highest BCUT2D eigenvalue weighted by atomic mass is 35.5. The molecule has 0 spiro atoms. The van der Waals surface area contributed by atoms with E-state index in [1.54, 1.807) is 6.07 Å². The number of nitrogens with one attached hydrogen (secondary N) is 1. The summed E-state index contributed by atoms with van der Waals surface area (Å²) >= 11 is 6.07. The molecule has 0 bridgehead atoms. The summed E-state index contributed by atoms with van der Waals surface area (Å²) in [6.07, 6.45) is 1.07. The van der Waals surface area contributed by atoms with Gasteiger partial charge in [-0.2, -0.15) is 0 Å². The van der Waals surface area contributed by atoms with Crippen LogP contribution in [0.25, 0.3) is 0 Å². The van der Waals surface area contributed by atoms with E-state index in [1.165, 1.54) is 0 Å². The maximum atomic E-state index is 6.07. The van der Waals surface area contributed by atoms with E-state index in [4.69, 9.17) is 16.3 Å². The van der Waals surface area contributed by atoms with Crippen LogP contribution in [0.1, 0.15) is 33.0 Å². The largest absolute Gasteiger partial charge is 0.374 e. The summed E-state index contributed by atoms with van der Waals surface area (Å²) < 4.78 is 5.34. The Balaban J connectivity index is 2.78. The minimum Gasteiger partial charge on any atom is -0.374 e. The van der Waals surface area contributed by atoms with Crippen molar-refractivity contribution in [3.05, 3.63) is 17.0 Å². The van der Waals surface area contributed by atoms with Crippen LogP contribution in [0.2, 0.25) is 5.15 Å². The van der Waals surface area contributed by atoms with Crippen molar-refractivity contribution in [3.8, 4) is 0 Å². The van der Waals surface area contributed by atoms with Crippen LogP contribution >= 0.6 is 11.6 Å². The summed E-state index contributed by atoms with van der Waals surface area (Å²) in [7, 11) is 4.14. The summed E-state index contributed by atoms with van der Waals surface area (Å²) in [5.41, 5.74) is 0. The van der Waals surface area contributed by atoms with Crippen LogP contribution in [0, 0.1) is 5.92 Å². The number of ether oxygens (including phenoxy) is 1. The van der Waals surface area contributed by atoms with Gasteiger partial charge in [0.05, 0.1) is 0 Å². The normalized spacial score (nSPS) is 13.0. The van der Waals surface area contributed by atoms with Gasteiger partial charge in [-0.05, 0) is 33.4 Å². The van der Waals surface area contributed by atoms with E-state index in [0.717, 1.165) is 18.8 Å². The van der Waals surface area contributed by atoms with Crippen LogP contribution in [-0.2, 0) is 11.3 Å². The molecule has 0 saturated heterocycles. The number of aromatic nitrogens is 2. The average Bonchev–Trinajstić information content (AvgIpc) is 2.33. The minimum absolute atomic E-state index is 0.325. The van der Waals surface area contributed by atoms with E-state index in [-0.39, 0.29) is 0 Å². The van der Waals surface area contributed by atoms with Crippen LogP contribution in [0.15, 0.2) is 6.07 Å². The van der Waals surface area contributed by atoms with E-state index in [2.05, 4.69) is 48.1 Å². The summed E-state index contributed by atoms with van der Waals surface area (Å²) in [5, 5.41) is 3.91. The van der Waals surface area contributed by atoms with E-state index in [0.29, 0.717) is 36.2 Å². The van der Waals surface area contributed by atoms with Crippen molar-refractivity contribution in [3.63, 3.8) is 0 Å². The lowest BCUT2D eigenvalue weighted by atomic mass is 10.0. The average molecular weight is 315 g/mol. The Morgan fingerprint density at radius 3 is 2.62 bits per heavy atom. The number of likely N-dealkylation sites (N-methyl/N-ethyl adjacent to an activating group) is 1. The van der Waals surface area contributed by atoms with Crippen molar-refractivity contribution in [1.82, 2.24) is 14.9 Å². The molecule has 1 rings (SSSR count). The number of hydrogen-bond acceptors (Lipinski definition) is 5. The smallest absolute Gasteiger partial charge is 0.158 e. The summed E-state index contributed by atoms with van der Waals surface area (Å²) in [4.78, 5) is 10.8. The lowest BCUT2D eigenvalue weighted by Gasteiger charge is -2.24. The van der Waals surface area contributed by atoms with Gasteiger partial charge < -0.3 is 15.0 Å². The molecule has 21 heavy (non-hydrogen) atoms. The van der Waals surface area contributed by atoms with Gasteiger partial charge in [0.25, 0.3) is 0 Å². The molecule has 0 amide bonds. The maximum Gasteiger partial charge on any atom is 0.158 e. The molecule has 120 valence electrons. The molecule has 0 aliphatic heterocycles. The first kappa shape index (κ1) is 18.1. The van der Waals surface area contributed by atoms with Crippen molar-refractivity contribution in [2.45, 2.75) is 39.8 Å². The summed E-state index contributed by atoms with van der Waals surface area (Å²) in [6.45, 7) is 8.35. The highest BCUT2D eigenvalue weighted by molar-refractivity contribution is 6.29. The Kier molecular flexibility index (Phi) is 7.93. The lowest BCUT2D eigenvalue weighted by molar-refractivity contribution is 0.128. The van der Waals surface area contributed by atoms with E-state index in [9.17, 15) is 0 Å². The monoisotopic (exact) mass is 314 g/mol. The third kappa shape index (κ3) is 7.60. The van der Waals surface area contributed by atoms with Gasteiger partial charge in [-0.3, -0.25) is 0 Å². The molecule has 0 aliphatic rings. The minimum atomic E-state index is 0.325. The van der Waals surface area contributed by atoms with Gasteiger partial charge in [-0.15, -0.1) is 0 Å². The second-order valence-electron chi connectivity index (χ2n) is 5.86. The second kappa shape index (κ2) is 9.18. The number of hydrogen-bond donors (Lipinski definition) is 1. The fraction of sp³-hybridized carbons (Fsp3) is 0.733. The molecule has 6 heteroatoms. The molecular weight excluding hydrogens is 288 g/mol. The first-order valence-electron chi connectivity index (χ1n) is 7.43. The van der Waals surface area contributed by atoms with E-state index < -0.39 is 0 Å². The first-order valence-corrected chi connectivity index (χ1v) is 7.81. The highest BCUT2D eigenvalue weighted by Crippen LogP contribution is 2.16. The predicted molar refractivity (Wildman–Crippen MR) is 87.8 cm³/mol. The predicted octanol–water partition coefficient (Wildman–Crippen LogP) is 3.05. The fourth-order valence-corrected chi connectivity index (χ4v) is 2.40. The van der Waals surface area contributed by atoms with Crippen molar-refractivity contribution in [2.24, 2.45) is 5.92 Å². The molecule has 0 aliphatic carbocycles. The number of anilines is 1. The van der Waals surface area contributed by atoms with Gasteiger partial charge in [0.1, 0.15) is 17.6 Å². The quantitative estimate of drug-likeness (QED) is 0.710. The topological polar surface area (TPSA) is 50.3 Å². The number of halogens is 1. The van der Waals surface area contributed by atoms with Gasteiger partial charge in [0.15, 0.2) is 5.82 Å². The Bertz CT molecular complexity index is 416. The summed E-state index contributed by atoms with van der Waals surface area (Å²) in [5.74, 6) is 1.99.